The molecule has 0 saturated carbocycles. The Balaban J connectivity index is 3.13. The molecule has 0 amide bonds. The maximum absolute atomic E-state index is 12.4. The Morgan fingerprint density at radius 2 is 2.11 bits per heavy atom. The summed E-state index contributed by atoms with van der Waals surface area (Å²) in [5, 5.41) is 0.197. The average molecular weight is 307 g/mol. The average Bonchev–Trinajstić information content (AvgIpc) is 2.35. The summed E-state index contributed by atoms with van der Waals surface area (Å²) in [5.74, 6) is -0.626. The highest BCUT2D eigenvalue weighted by molar-refractivity contribution is 7.89. The molecule has 106 valence electrons. The van der Waals surface area contributed by atoms with Gasteiger partial charge in [0.15, 0.2) is 0 Å². The Bertz CT molecular complexity index is 542. The maximum atomic E-state index is 12.4. The number of pyridine rings is 1. The van der Waals surface area contributed by atoms with E-state index >= 15 is 0 Å². The van der Waals surface area contributed by atoms with E-state index in [2.05, 4.69) is 9.72 Å². The van der Waals surface area contributed by atoms with E-state index in [1.165, 1.54) is 19.2 Å². The van der Waals surface area contributed by atoms with Gasteiger partial charge in [-0.1, -0.05) is 11.6 Å². The number of methoxy groups -OCH3 is 1. The van der Waals surface area contributed by atoms with E-state index in [9.17, 15) is 13.2 Å². The van der Waals surface area contributed by atoms with Crippen LogP contribution < -0.4 is 0 Å². The van der Waals surface area contributed by atoms with Crippen molar-refractivity contribution in [2.45, 2.75) is 24.8 Å². The van der Waals surface area contributed by atoms with Crippen molar-refractivity contribution in [1.82, 2.24) is 9.29 Å². The number of carbonyl (C=O) groups is 1. The zero-order chi connectivity index (χ0) is 14.6. The second kappa shape index (κ2) is 6.31. The van der Waals surface area contributed by atoms with Crippen LogP contribution in [-0.2, 0) is 19.6 Å². The predicted octanol–water partition coefficient (Wildman–Crippen LogP) is 1.31. The van der Waals surface area contributed by atoms with Crippen molar-refractivity contribution in [3.05, 3.63) is 23.5 Å². The van der Waals surface area contributed by atoms with E-state index in [0.717, 1.165) is 10.5 Å². The molecule has 0 unspecified atom stereocenters. The van der Waals surface area contributed by atoms with Crippen LogP contribution in [0.4, 0.5) is 0 Å². The SMILES string of the molecule is COC(=O)CN(C(C)C)S(=O)(=O)c1ccc(Cl)nc1. The molecule has 0 saturated heterocycles. The minimum absolute atomic E-state index is 0.0190. The van der Waals surface area contributed by atoms with Crippen molar-refractivity contribution in [2.24, 2.45) is 0 Å². The number of hydrogen-bond acceptors (Lipinski definition) is 5. The van der Waals surface area contributed by atoms with Gasteiger partial charge in [0, 0.05) is 12.2 Å². The molecule has 0 spiro atoms. The van der Waals surface area contributed by atoms with E-state index in [4.69, 9.17) is 11.6 Å². The summed E-state index contributed by atoms with van der Waals surface area (Å²) < 4.78 is 30.3. The zero-order valence-electron chi connectivity index (χ0n) is 10.8. The van der Waals surface area contributed by atoms with Gasteiger partial charge in [-0.25, -0.2) is 13.4 Å². The fraction of sp³-hybridized carbons (Fsp3) is 0.455. The molecule has 0 aliphatic rings. The summed E-state index contributed by atoms with van der Waals surface area (Å²) in [7, 11) is -2.61. The Labute approximate surface area is 117 Å². The molecule has 1 heterocycles. The summed E-state index contributed by atoms with van der Waals surface area (Å²) in [6.07, 6.45) is 1.16. The Hall–Kier alpha value is -1.18. The van der Waals surface area contributed by atoms with Gasteiger partial charge in [-0.05, 0) is 26.0 Å². The van der Waals surface area contributed by atoms with Gasteiger partial charge < -0.3 is 4.74 Å². The molecule has 0 N–H and O–H groups in total. The van der Waals surface area contributed by atoms with Crippen LogP contribution in [0.5, 0.6) is 0 Å². The summed E-state index contributed by atoms with van der Waals surface area (Å²) in [4.78, 5) is 15.0. The fourth-order valence-corrected chi connectivity index (χ4v) is 3.03. The van der Waals surface area contributed by atoms with Gasteiger partial charge >= 0.3 is 5.97 Å². The third kappa shape index (κ3) is 3.89. The van der Waals surface area contributed by atoms with Gasteiger partial charge in [-0.15, -0.1) is 0 Å². The third-order valence-corrected chi connectivity index (χ3v) is 4.62. The van der Waals surface area contributed by atoms with Crippen LogP contribution in [0.1, 0.15) is 13.8 Å². The first-order valence-electron chi connectivity index (χ1n) is 5.49. The molecule has 1 aromatic heterocycles. The summed E-state index contributed by atoms with van der Waals surface area (Å²) in [6, 6.07) is 2.34. The molecule has 1 aromatic rings. The molecule has 19 heavy (non-hydrogen) atoms. The summed E-state index contributed by atoms with van der Waals surface area (Å²) >= 11 is 5.62. The highest BCUT2D eigenvalue weighted by atomic mass is 35.5. The number of halogens is 1. The van der Waals surface area contributed by atoms with Crippen LogP contribution in [0.3, 0.4) is 0 Å². The summed E-state index contributed by atoms with van der Waals surface area (Å²) in [6.45, 7) is 2.99. The summed E-state index contributed by atoms with van der Waals surface area (Å²) in [5.41, 5.74) is 0. The van der Waals surface area contributed by atoms with Crippen molar-refractivity contribution in [3.63, 3.8) is 0 Å². The Morgan fingerprint density at radius 1 is 1.47 bits per heavy atom. The van der Waals surface area contributed by atoms with Crippen LogP contribution >= 0.6 is 11.6 Å². The first-order valence-corrected chi connectivity index (χ1v) is 7.31. The van der Waals surface area contributed by atoms with Crippen molar-refractivity contribution < 1.29 is 17.9 Å². The molecule has 0 aliphatic heterocycles. The molecule has 0 bridgehead atoms. The lowest BCUT2D eigenvalue weighted by Crippen LogP contribution is -2.41. The lowest BCUT2D eigenvalue weighted by Gasteiger charge is -2.24. The molecule has 0 fully saturated rings. The third-order valence-electron chi connectivity index (χ3n) is 2.40. The highest BCUT2D eigenvalue weighted by Crippen LogP contribution is 2.18. The normalized spacial score (nSPS) is 11.9. The number of sulfonamides is 1. The smallest absolute Gasteiger partial charge is 0.321 e. The molecule has 0 aromatic carbocycles. The van der Waals surface area contributed by atoms with Crippen molar-refractivity contribution >= 4 is 27.6 Å². The number of esters is 1. The van der Waals surface area contributed by atoms with E-state index in [1.54, 1.807) is 13.8 Å². The Kier molecular flexibility index (Phi) is 5.28. The second-order valence-electron chi connectivity index (χ2n) is 4.04. The fourth-order valence-electron chi connectivity index (χ4n) is 1.39. The topological polar surface area (TPSA) is 76.6 Å². The standard InChI is InChI=1S/C11H15ClN2O4S/c1-8(2)14(7-11(15)18-3)19(16,17)9-4-5-10(12)13-6-9/h4-6,8H,7H2,1-3H3. The van der Waals surface area contributed by atoms with E-state index in [0.29, 0.717) is 0 Å². The highest BCUT2D eigenvalue weighted by Gasteiger charge is 2.29. The molecule has 0 radical (unpaired) electrons. The maximum Gasteiger partial charge on any atom is 0.321 e. The number of ether oxygens (including phenoxy) is 1. The largest absolute Gasteiger partial charge is 0.468 e. The quantitative estimate of drug-likeness (QED) is 0.605. The monoisotopic (exact) mass is 306 g/mol. The number of nitrogens with zero attached hydrogens (tertiary/aromatic N) is 2. The van der Waals surface area contributed by atoms with Crippen LogP contribution in [-0.4, -0.2) is 43.4 Å². The van der Waals surface area contributed by atoms with Crippen LogP contribution in [0.2, 0.25) is 5.15 Å². The van der Waals surface area contributed by atoms with Crippen LogP contribution in [0.15, 0.2) is 23.2 Å². The number of aromatic nitrogens is 1. The number of rotatable bonds is 5. The predicted molar refractivity (Wildman–Crippen MR) is 70.3 cm³/mol. The van der Waals surface area contributed by atoms with Crippen LogP contribution in [0, 0.1) is 0 Å². The molecule has 0 atom stereocenters. The first-order chi connectivity index (χ1) is 8.78. The van der Waals surface area contributed by atoms with Crippen molar-refractivity contribution in [2.75, 3.05) is 13.7 Å². The van der Waals surface area contributed by atoms with E-state index < -0.39 is 16.0 Å². The molecule has 8 heteroatoms. The molecule has 1 rings (SSSR count). The lowest BCUT2D eigenvalue weighted by molar-refractivity contribution is -0.141. The number of carbonyl (C=O) groups excluding carboxylic acids is 1. The lowest BCUT2D eigenvalue weighted by atomic mass is 10.4. The van der Waals surface area contributed by atoms with Gasteiger partial charge in [-0.2, -0.15) is 4.31 Å². The van der Waals surface area contributed by atoms with Crippen molar-refractivity contribution in [1.29, 1.82) is 0 Å². The second-order valence-corrected chi connectivity index (χ2v) is 6.31. The van der Waals surface area contributed by atoms with E-state index in [1.807, 2.05) is 0 Å². The molecule has 6 nitrogen and oxygen atoms in total. The van der Waals surface area contributed by atoms with Crippen LogP contribution in [0.25, 0.3) is 0 Å². The van der Waals surface area contributed by atoms with Gasteiger partial charge in [0.2, 0.25) is 10.0 Å². The van der Waals surface area contributed by atoms with Crippen molar-refractivity contribution in [3.8, 4) is 0 Å². The Morgan fingerprint density at radius 3 is 2.53 bits per heavy atom. The van der Waals surface area contributed by atoms with Gasteiger partial charge in [0.25, 0.3) is 0 Å². The minimum Gasteiger partial charge on any atom is -0.468 e. The first kappa shape index (κ1) is 15.9. The molecular weight excluding hydrogens is 292 g/mol. The minimum atomic E-state index is -3.81. The zero-order valence-corrected chi connectivity index (χ0v) is 12.4. The number of hydrogen-bond donors (Lipinski definition) is 0. The molecular formula is C11H15ClN2O4S. The molecule has 0 aliphatic carbocycles. The van der Waals surface area contributed by atoms with Gasteiger partial charge in [-0.3, -0.25) is 4.79 Å². The van der Waals surface area contributed by atoms with Gasteiger partial charge in [0.1, 0.15) is 16.6 Å². The van der Waals surface area contributed by atoms with E-state index in [-0.39, 0.29) is 22.6 Å². The van der Waals surface area contributed by atoms with Gasteiger partial charge in [0.05, 0.1) is 7.11 Å².